The number of alkyl halides is 3. The minimum absolute atomic E-state index is 0.0116. The molecule has 0 aromatic heterocycles. The Balaban J connectivity index is 2.14. The Hall–Kier alpha value is -2.60. The molecule has 1 aliphatic rings. The zero-order chi connectivity index (χ0) is 23.7. The van der Waals surface area contributed by atoms with E-state index in [0.717, 1.165) is 24.4 Å². The molecule has 5 nitrogen and oxygen atoms in total. The van der Waals surface area contributed by atoms with Crippen molar-refractivity contribution in [3.63, 3.8) is 0 Å². The van der Waals surface area contributed by atoms with E-state index in [2.05, 4.69) is 0 Å². The number of nitrogens with two attached hydrogens (primary N) is 1. The lowest BCUT2D eigenvalue weighted by atomic mass is 10.0. The summed E-state index contributed by atoms with van der Waals surface area (Å²) in [6.07, 6.45) is -2.38. The summed E-state index contributed by atoms with van der Waals surface area (Å²) in [7, 11) is -4.88. The Kier molecular flexibility index (Phi) is 6.57. The van der Waals surface area contributed by atoms with Gasteiger partial charge in [-0.25, -0.2) is 8.78 Å². The van der Waals surface area contributed by atoms with Crippen LogP contribution in [0.4, 0.5) is 27.6 Å². The summed E-state index contributed by atoms with van der Waals surface area (Å²) < 4.78 is 90.9. The van der Waals surface area contributed by atoms with E-state index in [1.165, 1.54) is 36.4 Å². The van der Waals surface area contributed by atoms with Gasteiger partial charge in [0, 0.05) is 24.3 Å². The summed E-state index contributed by atoms with van der Waals surface area (Å²) in [4.78, 5) is 0. The molecule has 0 spiro atoms. The lowest BCUT2D eigenvalue weighted by molar-refractivity contribution is -0.106. The number of halogens is 5. The molecule has 0 fully saturated rings. The van der Waals surface area contributed by atoms with Gasteiger partial charge in [-0.15, -0.1) is 0 Å². The van der Waals surface area contributed by atoms with Crippen molar-refractivity contribution in [2.45, 2.75) is 12.3 Å². The maximum Gasteiger partial charge on any atom is 0.408 e. The molecule has 2 unspecified atom stereocenters. The highest BCUT2D eigenvalue weighted by molar-refractivity contribution is 7.91. The van der Waals surface area contributed by atoms with Crippen LogP contribution in [0, 0.1) is 11.6 Å². The molecule has 2 atom stereocenters. The highest BCUT2D eigenvalue weighted by Crippen LogP contribution is 2.37. The maximum atomic E-state index is 13.6. The van der Waals surface area contributed by atoms with Crippen LogP contribution in [0.3, 0.4) is 0 Å². The van der Waals surface area contributed by atoms with Gasteiger partial charge in [0.2, 0.25) is 0 Å². The first-order valence-corrected chi connectivity index (χ1v) is 11.0. The van der Waals surface area contributed by atoms with Gasteiger partial charge in [-0.05, 0) is 29.3 Å². The van der Waals surface area contributed by atoms with Crippen molar-refractivity contribution < 1.29 is 35.5 Å². The average molecular weight is 475 g/mol. The van der Waals surface area contributed by atoms with Gasteiger partial charge in [0.05, 0.1) is 0 Å². The third-order valence-corrected chi connectivity index (χ3v) is 7.19. The normalized spacial score (nSPS) is 20.2. The van der Waals surface area contributed by atoms with Crippen LogP contribution < -0.4 is 9.62 Å². The van der Waals surface area contributed by atoms with Gasteiger partial charge in [-0.3, -0.25) is 0 Å². The Bertz CT molecular complexity index is 1180. The van der Waals surface area contributed by atoms with Crippen LogP contribution in [0.15, 0.2) is 66.4 Å². The lowest BCUT2D eigenvalue weighted by Gasteiger charge is -2.35. The fourth-order valence-electron chi connectivity index (χ4n) is 3.51. The van der Waals surface area contributed by atoms with E-state index >= 15 is 0 Å². The van der Waals surface area contributed by atoms with E-state index in [0.29, 0.717) is 5.57 Å². The van der Waals surface area contributed by atoms with E-state index in [1.807, 2.05) is 0 Å². The van der Waals surface area contributed by atoms with E-state index < -0.39 is 43.6 Å². The van der Waals surface area contributed by atoms with Crippen molar-refractivity contribution in [3.8, 4) is 0 Å². The van der Waals surface area contributed by atoms with Gasteiger partial charge >= 0.3 is 16.2 Å². The van der Waals surface area contributed by atoms with Gasteiger partial charge in [0.15, 0.2) is 23.1 Å². The third-order valence-electron chi connectivity index (χ3n) is 5.04. The zero-order valence-corrected chi connectivity index (χ0v) is 17.4. The van der Waals surface area contributed by atoms with Crippen molar-refractivity contribution in [1.29, 1.82) is 0 Å². The van der Waals surface area contributed by atoms with Crippen LogP contribution >= 0.6 is 0 Å². The molecule has 0 bridgehead atoms. The van der Waals surface area contributed by atoms with Gasteiger partial charge in [0.25, 0.3) is 0 Å². The quantitative estimate of drug-likeness (QED) is 0.494. The number of sulfonamides is 1. The monoisotopic (exact) mass is 475 g/mol. The van der Waals surface area contributed by atoms with Crippen LogP contribution in [-0.4, -0.2) is 38.5 Å². The van der Waals surface area contributed by atoms with E-state index in [4.69, 9.17) is 5.73 Å². The number of aliphatic hydroxyl groups excluding tert-OH is 1. The van der Waals surface area contributed by atoms with E-state index in [9.17, 15) is 35.5 Å². The van der Waals surface area contributed by atoms with Crippen molar-refractivity contribution in [1.82, 2.24) is 3.89 Å². The standard InChI is InChI=1S/C21H20F5N2O3S/c22-18-7-6-16(10-19(18)23)20(29)15-4-1-5-17(9-15)28(8-2-3-14(11-27)12-28)32(30,31)13-21(24,25)26/h1-7,9-10,12,20,29H,8,11,13,27H2/q+1. The Morgan fingerprint density at radius 1 is 1.06 bits per heavy atom. The molecule has 2 aromatic rings. The molecular formula is C21H20F5N2O3S+. The Morgan fingerprint density at radius 3 is 2.38 bits per heavy atom. The summed E-state index contributed by atoms with van der Waals surface area (Å²) in [6, 6.07) is 8.07. The summed E-state index contributed by atoms with van der Waals surface area (Å²) >= 11 is 0. The first-order valence-electron chi connectivity index (χ1n) is 9.38. The highest BCUT2D eigenvalue weighted by atomic mass is 32.2. The maximum absolute atomic E-state index is 13.6. The van der Waals surface area contributed by atoms with E-state index in [-0.39, 0.29) is 29.9 Å². The Labute approximate surface area is 181 Å². The molecule has 1 heterocycles. The molecule has 1 aliphatic heterocycles. The smallest absolute Gasteiger partial charge is 0.384 e. The number of nitrogens with zero attached hydrogens (tertiary/aromatic N) is 1. The minimum atomic E-state index is -4.98. The van der Waals surface area contributed by atoms with Crippen molar-refractivity contribution in [2.24, 2.45) is 5.73 Å². The molecule has 32 heavy (non-hydrogen) atoms. The molecule has 0 saturated carbocycles. The highest BCUT2D eigenvalue weighted by Gasteiger charge is 2.50. The average Bonchev–Trinajstić information content (AvgIpc) is 2.73. The van der Waals surface area contributed by atoms with Gasteiger partial charge in [-0.1, -0.05) is 24.3 Å². The second kappa shape index (κ2) is 8.74. The Morgan fingerprint density at radius 2 is 1.75 bits per heavy atom. The first-order chi connectivity index (χ1) is 14.9. The molecular weight excluding hydrogens is 455 g/mol. The second-order valence-electron chi connectivity index (χ2n) is 7.30. The van der Waals surface area contributed by atoms with Crippen molar-refractivity contribution >= 4 is 15.7 Å². The number of hydrogen-bond donors (Lipinski definition) is 2. The van der Waals surface area contributed by atoms with Crippen LogP contribution in [0.25, 0.3) is 0 Å². The molecule has 3 N–H and O–H groups in total. The molecule has 11 heteroatoms. The van der Waals surface area contributed by atoms with Crippen molar-refractivity contribution in [3.05, 3.63) is 89.2 Å². The van der Waals surface area contributed by atoms with Crippen LogP contribution in [-0.2, 0) is 10.0 Å². The number of hydrogen-bond acceptors (Lipinski definition) is 4. The van der Waals surface area contributed by atoms with E-state index in [1.54, 1.807) is 0 Å². The largest absolute Gasteiger partial charge is 0.408 e. The molecule has 0 aliphatic carbocycles. The first kappa shape index (κ1) is 24.1. The van der Waals surface area contributed by atoms with Crippen LogP contribution in [0.2, 0.25) is 0 Å². The molecule has 0 radical (unpaired) electrons. The fourth-order valence-corrected chi connectivity index (χ4v) is 5.19. The SMILES string of the molecule is NCC1=C[N+](c2cccc(C(O)c3ccc(F)c(F)c3)c2)(S(=O)(=O)CC(F)(F)F)CC=C1. The molecule has 0 amide bonds. The van der Waals surface area contributed by atoms with Crippen LogP contribution in [0.1, 0.15) is 17.2 Å². The summed E-state index contributed by atoms with van der Waals surface area (Å²) in [5, 5.41) is 10.6. The lowest BCUT2D eigenvalue weighted by Crippen LogP contribution is -2.54. The van der Waals surface area contributed by atoms with Gasteiger partial charge in [-0.2, -0.15) is 25.5 Å². The number of benzene rings is 2. The van der Waals surface area contributed by atoms with Crippen LogP contribution in [0.5, 0.6) is 0 Å². The number of aliphatic hydroxyl groups is 1. The summed E-state index contributed by atoms with van der Waals surface area (Å²) in [6.45, 7) is -0.429. The number of quaternary nitrogens is 1. The van der Waals surface area contributed by atoms with Gasteiger partial charge in [0.1, 0.15) is 18.8 Å². The van der Waals surface area contributed by atoms with Gasteiger partial charge < -0.3 is 10.8 Å². The number of rotatable bonds is 6. The molecule has 2 aromatic carbocycles. The zero-order valence-electron chi connectivity index (χ0n) is 16.6. The molecule has 0 saturated heterocycles. The third kappa shape index (κ3) is 4.75. The summed E-state index contributed by atoms with van der Waals surface area (Å²) in [5.74, 6) is -4.37. The fraction of sp³-hybridized carbons (Fsp3) is 0.238. The topological polar surface area (TPSA) is 80.4 Å². The predicted octanol–water partition coefficient (Wildman–Crippen LogP) is 3.66. The van der Waals surface area contributed by atoms with Crippen molar-refractivity contribution in [2.75, 3.05) is 18.8 Å². The minimum Gasteiger partial charge on any atom is -0.384 e. The predicted molar refractivity (Wildman–Crippen MR) is 110 cm³/mol. The summed E-state index contributed by atoms with van der Waals surface area (Å²) in [5.41, 5.74) is 5.92. The molecule has 172 valence electrons. The second-order valence-corrected chi connectivity index (χ2v) is 9.41. The molecule has 3 rings (SSSR count).